The highest BCUT2D eigenvalue weighted by Crippen LogP contribution is 2.51. The van der Waals surface area contributed by atoms with Gasteiger partial charge in [-0.2, -0.15) is 0 Å². The SMILES string of the molecule is CC1(C)c2cc(-c3ccc(-n4c5ccccc5c5cc(Br)ccc54)cc3)ccc2-c2ccc(-c3ccc(-n4c5ccccc5c5cc(Br)ccc54)cc3)cc21. The van der Waals surface area contributed by atoms with Gasteiger partial charge in [-0.15, -0.1) is 0 Å². The highest BCUT2D eigenvalue weighted by Gasteiger charge is 2.36. The first kappa shape index (κ1) is 32.7. The summed E-state index contributed by atoms with van der Waals surface area (Å²) in [7, 11) is 0. The number of para-hydroxylation sites is 2. The van der Waals surface area contributed by atoms with Crippen molar-refractivity contribution in [2.75, 3.05) is 0 Å². The summed E-state index contributed by atoms with van der Waals surface area (Å²) in [4.78, 5) is 0. The smallest absolute Gasteiger partial charge is 0.0541 e. The van der Waals surface area contributed by atoms with Crippen molar-refractivity contribution in [3.8, 4) is 44.8 Å². The summed E-state index contributed by atoms with van der Waals surface area (Å²) in [5.41, 5.74) is 17.4. The lowest BCUT2D eigenvalue weighted by Crippen LogP contribution is -2.15. The Bertz CT molecular complexity index is 2970. The van der Waals surface area contributed by atoms with E-state index in [2.05, 4.69) is 225 Å². The third kappa shape index (κ3) is 4.98. The lowest BCUT2D eigenvalue weighted by atomic mass is 9.81. The first-order chi connectivity index (χ1) is 26.8. The fourth-order valence-corrected chi connectivity index (χ4v) is 9.87. The molecule has 0 amide bonds. The predicted octanol–water partition coefficient (Wildman–Crippen LogP) is 15.0. The summed E-state index contributed by atoms with van der Waals surface area (Å²) in [6.45, 7) is 4.75. The van der Waals surface area contributed by atoms with Gasteiger partial charge in [0.2, 0.25) is 0 Å². The predicted molar refractivity (Wildman–Crippen MR) is 239 cm³/mol. The average molecular weight is 835 g/mol. The van der Waals surface area contributed by atoms with Crippen molar-refractivity contribution < 1.29 is 0 Å². The summed E-state index contributed by atoms with van der Waals surface area (Å²) < 4.78 is 6.93. The first-order valence-electron chi connectivity index (χ1n) is 18.7. The van der Waals surface area contributed by atoms with Gasteiger partial charge in [-0.05, 0) is 129 Å². The molecule has 0 N–H and O–H groups in total. The van der Waals surface area contributed by atoms with E-state index in [4.69, 9.17) is 0 Å². The third-order valence-corrected chi connectivity index (χ3v) is 12.8. The zero-order valence-corrected chi connectivity index (χ0v) is 33.5. The van der Waals surface area contributed by atoms with E-state index in [1.54, 1.807) is 0 Å². The molecule has 0 atom stereocenters. The van der Waals surface area contributed by atoms with Crippen LogP contribution in [0.2, 0.25) is 0 Å². The standard InChI is InChI=1S/C51H34Br2N2/c1-51(2)45-27-33(31-11-19-37(20-12-31)54-47-9-5-3-7-41(47)43-29-35(52)17-25-49(43)54)15-23-39(45)40-24-16-34(28-46(40)51)32-13-21-38(22-14-32)55-48-10-6-4-8-42(48)44-30-36(53)18-26-50(44)55/h3-30H,1-2H3. The summed E-state index contributed by atoms with van der Waals surface area (Å²) in [6, 6.07) is 62.6. The molecule has 2 nitrogen and oxygen atoms in total. The van der Waals surface area contributed by atoms with Crippen LogP contribution in [-0.4, -0.2) is 9.13 Å². The summed E-state index contributed by atoms with van der Waals surface area (Å²) in [6.07, 6.45) is 0. The second kappa shape index (κ2) is 12.2. The second-order valence-corrected chi connectivity index (χ2v) is 17.1. The minimum Gasteiger partial charge on any atom is -0.309 e. The molecule has 1 aliphatic rings. The van der Waals surface area contributed by atoms with Crippen molar-refractivity contribution >= 4 is 75.5 Å². The van der Waals surface area contributed by atoms with Gasteiger partial charge in [-0.25, -0.2) is 0 Å². The highest BCUT2D eigenvalue weighted by molar-refractivity contribution is 9.10. The average Bonchev–Trinajstić information content (AvgIpc) is 3.80. The van der Waals surface area contributed by atoms with E-state index in [-0.39, 0.29) is 5.41 Å². The van der Waals surface area contributed by atoms with Gasteiger partial charge < -0.3 is 9.13 Å². The molecular formula is C51H34Br2N2. The van der Waals surface area contributed by atoms with Crippen molar-refractivity contribution in [3.05, 3.63) is 190 Å². The van der Waals surface area contributed by atoms with Crippen LogP contribution < -0.4 is 0 Å². The maximum Gasteiger partial charge on any atom is 0.0541 e. The molecule has 0 spiro atoms. The Morgan fingerprint density at radius 2 is 0.745 bits per heavy atom. The minimum absolute atomic E-state index is 0.134. The minimum atomic E-state index is -0.134. The summed E-state index contributed by atoms with van der Waals surface area (Å²) in [5.74, 6) is 0. The fourth-order valence-electron chi connectivity index (χ4n) is 9.15. The molecule has 0 aliphatic heterocycles. The van der Waals surface area contributed by atoms with Crippen LogP contribution in [0.3, 0.4) is 0 Å². The Morgan fingerprint density at radius 1 is 0.364 bits per heavy atom. The van der Waals surface area contributed by atoms with Gasteiger partial charge >= 0.3 is 0 Å². The van der Waals surface area contributed by atoms with Crippen molar-refractivity contribution in [1.82, 2.24) is 9.13 Å². The van der Waals surface area contributed by atoms with Crippen molar-refractivity contribution in [3.63, 3.8) is 0 Å². The van der Waals surface area contributed by atoms with E-state index in [0.29, 0.717) is 0 Å². The molecule has 4 heteroatoms. The van der Waals surface area contributed by atoms with Crippen LogP contribution in [0.4, 0.5) is 0 Å². The number of fused-ring (bicyclic) bond motifs is 9. The van der Waals surface area contributed by atoms with Crippen molar-refractivity contribution in [2.45, 2.75) is 19.3 Å². The van der Waals surface area contributed by atoms with E-state index >= 15 is 0 Å². The molecule has 0 saturated carbocycles. The van der Waals surface area contributed by atoms with E-state index in [9.17, 15) is 0 Å². The van der Waals surface area contributed by atoms with E-state index < -0.39 is 0 Å². The van der Waals surface area contributed by atoms with Crippen molar-refractivity contribution in [1.29, 1.82) is 0 Å². The molecule has 0 saturated heterocycles. The molecule has 0 fully saturated rings. The molecule has 262 valence electrons. The van der Waals surface area contributed by atoms with Crippen LogP contribution in [0.1, 0.15) is 25.0 Å². The lowest BCUT2D eigenvalue weighted by Gasteiger charge is -2.23. The number of hydrogen-bond acceptors (Lipinski definition) is 0. The van der Waals surface area contributed by atoms with E-state index in [0.717, 1.165) is 20.3 Å². The zero-order valence-electron chi connectivity index (χ0n) is 30.3. The normalized spacial score (nSPS) is 13.2. The fraction of sp³-hybridized carbons (Fsp3) is 0.0588. The lowest BCUT2D eigenvalue weighted by molar-refractivity contribution is 0.661. The molecule has 0 unspecified atom stereocenters. The number of benzene rings is 8. The van der Waals surface area contributed by atoms with Crippen LogP contribution in [0.5, 0.6) is 0 Å². The summed E-state index contributed by atoms with van der Waals surface area (Å²) >= 11 is 7.37. The Labute approximate surface area is 336 Å². The van der Waals surface area contributed by atoms with Crippen LogP contribution in [0.25, 0.3) is 88.4 Å². The Kier molecular flexibility index (Phi) is 7.24. The number of aromatic nitrogens is 2. The van der Waals surface area contributed by atoms with Crippen LogP contribution >= 0.6 is 31.9 Å². The molecule has 8 aromatic carbocycles. The molecule has 11 rings (SSSR count). The van der Waals surface area contributed by atoms with E-state index in [1.165, 1.54) is 88.1 Å². The maximum absolute atomic E-state index is 3.68. The third-order valence-electron chi connectivity index (χ3n) is 11.9. The van der Waals surface area contributed by atoms with Gasteiger partial charge in [-0.3, -0.25) is 0 Å². The molecule has 55 heavy (non-hydrogen) atoms. The molecule has 1 aliphatic carbocycles. The number of rotatable bonds is 4. The van der Waals surface area contributed by atoms with Crippen molar-refractivity contribution in [2.24, 2.45) is 0 Å². The molecule has 0 bridgehead atoms. The Hall–Kier alpha value is -5.68. The number of halogens is 2. The van der Waals surface area contributed by atoms with Crippen LogP contribution in [0.15, 0.2) is 179 Å². The van der Waals surface area contributed by atoms with Gasteiger partial charge in [0, 0.05) is 47.3 Å². The molecular weight excluding hydrogens is 800 g/mol. The topological polar surface area (TPSA) is 9.86 Å². The van der Waals surface area contributed by atoms with Crippen LogP contribution in [0, 0.1) is 0 Å². The van der Waals surface area contributed by atoms with Gasteiger partial charge in [0.05, 0.1) is 22.1 Å². The van der Waals surface area contributed by atoms with Gasteiger partial charge in [-0.1, -0.05) is 131 Å². The second-order valence-electron chi connectivity index (χ2n) is 15.3. The number of hydrogen-bond donors (Lipinski definition) is 0. The van der Waals surface area contributed by atoms with Crippen LogP contribution in [-0.2, 0) is 5.41 Å². The molecule has 2 aromatic heterocycles. The number of nitrogens with zero attached hydrogens (tertiary/aromatic N) is 2. The quantitative estimate of drug-likeness (QED) is 0.167. The highest BCUT2D eigenvalue weighted by atomic mass is 79.9. The molecule has 10 aromatic rings. The summed E-state index contributed by atoms with van der Waals surface area (Å²) in [5, 5.41) is 5.03. The van der Waals surface area contributed by atoms with E-state index in [1.807, 2.05) is 0 Å². The van der Waals surface area contributed by atoms with Gasteiger partial charge in [0.1, 0.15) is 0 Å². The molecule has 2 heterocycles. The Morgan fingerprint density at radius 3 is 1.18 bits per heavy atom. The Balaban J connectivity index is 0.918. The molecule has 0 radical (unpaired) electrons. The maximum atomic E-state index is 3.68. The largest absolute Gasteiger partial charge is 0.309 e. The zero-order chi connectivity index (χ0) is 37.0. The monoisotopic (exact) mass is 832 g/mol. The first-order valence-corrected chi connectivity index (χ1v) is 20.3. The van der Waals surface area contributed by atoms with Gasteiger partial charge in [0.15, 0.2) is 0 Å². The van der Waals surface area contributed by atoms with Gasteiger partial charge in [0.25, 0.3) is 0 Å².